The number of nitrogens with one attached hydrogen (secondary N) is 2. The first-order valence-corrected chi connectivity index (χ1v) is 8.14. The summed E-state index contributed by atoms with van der Waals surface area (Å²) in [7, 11) is 0. The molecule has 0 fully saturated rings. The van der Waals surface area contributed by atoms with E-state index < -0.39 is 11.7 Å². The summed E-state index contributed by atoms with van der Waals surface area (Å²) in [6.45, 7) is 6.52. The quantitative estimate of drug-likeness (QED) is 0.906. The first-order chi connectivity index (χ1) is 11.4. The molecule has 0 aliphatic carbocycles. The molecule has 24 heavy (non-hydrogen) atoms. The zero-order chi connectivity index (χ0) is 17.2. The van der Waals surface area contributed by atoms with E-state index in [2.05, 4.69) is 21.4 Å². The highest BCUT2D eigenvalue weighted by molar-refractivity contribution is 5.68. The Labute approximate surface area is 141 Å². The Bertz CT molecular complexity index is 705. The van der Waals surface area contributed by atoms with Crippen LogP contribution < -0.4 is 5.32 Å². The average molecular weight is 329 g/mol. The number of hydrogen-bond acceptors (Lipinski definition) is 4. The van der Waals surface area contributed by atoms with Crippen LogP contribution in [0.15, 0.2) is 30.6 Å². The Kier molecular flexibility index (Phi) is 4.57. The van der Waals surface area contributed by atoms with Crippen molar-refractivity contribution in [3.63, 3.8) is 0 Å². The van der Waals surface area contributed by atoms with Gasteiger partial charge in [0.05, 0.1) is 13.2 Å². The van der Waals surface area contributed by atoms with Gasteiger partial charge in [0.25, 0.3) is 0 Å². The third-order valence-electron chi connectivity index (χ3n) is 3.81. The average Bonchev–Trinajstić information content (AvgIpc) is 3.05. The molecule has 1 amide bonds. The second kappa shape index (κ2) is 6.65. The molecule has 1 aromatic heterocycles. The first kappa shape index (κ1) is 16.5. The highest BCUT2D eigenvalue weighted by Gasteiger charge is 2.25. The van der Waals surface area contributed by atoms with Crippen LogP contribution in [-0.4, -0.2) is 34.8 Å². The molecule has 0 radical (unpaired) electrons. The van der Waals surface area contributed by atoms with Gasteiger partial charge in [-0.2, -0.15) is 0 Å². The Morgan fingerprint density at radius 2 is 2.29 bits per heavy atom. The molecule has 0 saturated heterocycles. The van der Waals surface area contributed by atoms with Crippen molar-refractivity contribution in [2.45, 2.75) is 38.9 Å². The van der Waals surface area contributed by atoms with Crippen molar-refractivity contribution >= 4 is 6.09 Å². The van der Waals surface area contributed by atoms with Crippen molar-refractivity contribution < 1.29 is 14.3 Å². The van der Waals surface area contributed by atoms with E-state index in [1.54, 1.807) is 6.20 Å². The fourth-order valence-corrected chi connectivity index (χ4v) is 2.87. The molecule has 1 atom stereocenters. The van der Waals surface area contributed by atoms with Crippen LogP contribution in [0.4, 0.5) is 4.79 Å². The van der Waals surface area contributed by atoms with E-state index in [4.69, 9.17) is 9.47 Å². The molecule has 0 saturated carbocycles. The summed E-state index contributed by atoms with van der Waals surface area (Å²) in [6, 6.07) is 6.09. The molecule has 2 N–H and O–H groups in total. The molecule has 3 rings (SSSR count). The SMILES string of the molecule is CC(C)(C)OC(=O)NC[C@H]1OCCc2c(-c3ncc[nH]3)cccc21. The topological polar surface area (TPSA) is 76.2 Å². The predicted octanol–water partition coefficient (Wildman–Crippen LogP) is 3.22. The number of benzene rings is 1. The number of H-pyrrole nitrogens is 1. The second-order valence-corrected chi connectivity index (χ2v) is 6.80. The molecule has 6 heteroatoms. The summed E-state index contributed by atoms with van der Waals surface area (Å²) in [5.74, 6) is 0.854. The van der Waals surface area contributed by atoms with Crippen molar-refractivity contribution in [3.05, 3.63) is 41.7 Å². The van der Waals surface area contributed by atoms with Gasteiger partial charge in [-0.05, 0) is 38.3 Å². The van der Waals surface area contributed by atoms with Gasteiger partial charge in [0.15, 0.2) is 0 Å². The van der Waals surface area contributed by atoms with Gasteiger partial charge < -0.3 is 19.8 Å². The van der Waals surface area contributed by atoms with E-state index in [1.807, 2.05) is 39.1 Å². The third-order valence-corrected chi connectivity index (χ3v) is 3.81. The number of fused-ring (bicyclic) bond motifs is 1. The Hall–Kier alpha value is -2.34. The van der Waals surface area contributed by atoms with Gasteiger partial charge in [0, 0.05) is 18.0 Å². The van der Waals surface area contributed by atoms with Crippen molar-refractivity contribution in [3.8, 4) is 11.4 Å². The summed E-state index contributed by atoms with van der Waals surface area (Å²) >= 11 is 0. The predicted molar refractivity (Wildman–Crippen MR) is 90.7 cm³/mol. The smallest absolute Gasteiger partial charge is 0.407 e. The molecular formula is C18H23N3O3. The van der Waals surface area contributed by atoms with Crippen LogP contribution in [0, 0.1) is 0 Å². The minimum atomic E-state index is -0.512. The van der Waals surface area contributed by atoms with Crippen LogP contribution >= 0.6 is 0 Å². The van der Waals surface area contributed by atoms with Gasteiger partial charge in [-0.1, -0.05) is 18.2 Å². The molecular weight excluding hydrogens is 306 g/mol. The third kappa shape index (κ3) is 3.76. The normalized spacial score (nSPS) is 17.2. The van der Waals surface area contributed by atoms with Gasteiger partial charge in [0.1, 0.15) is 17.5 Å². The number of alkyl carbamates (subject to hydrolysis) is 1. The van der Waals surface area contributed by atoms with Crippen LogP contribution in [-0.2, 0) is 15.9 Å². The number of nitrogens with zero attached hydrogens (tertiary/aromatic N) is 1. The summed E-state index contributed by atoms with van der Waals surface area (Å²) in [5, 5.41) is 2.79. The van der Waals surface area contributed by atoms with Crippen LogP contribution in [0.2, 0.25) is 0 Å². The molecule has 2 aromatic rings. The fraction of sp³-hybridized carbons (Fsp3) is 0.444. The zero-order valence-electron chi connectivity index (χ0n) is 14.3. The monoisotopic (exact) mass is 329 g/mol. The largest absolute Gasteiger partial charge is 0.444 e. The summed E-state index contributed by atoms with van der Waals surface area (Å²) in [5.41, 5.74) is 2.88. The van der Waals surface area contributed by atoms with E-state index in [-0.39, 0.29) is 6.10 Å². The highest BCUT2D eigenvalue weighted by Crippen LogP contribution is 2.33. The summed E-state index contributed by atoms with van der Waals surface area (Å²) in [6.07, 6.45) is 3.77. The van der Waals surface area contributed by atoms with Gasteiger partial charge in [-0.25, -0.2) is 9.78 Å². The molecule has 0 bridgehead atoms. The molecule has 1 aromatic carbocycles. The number of amides is 1. The number of carbonyl (C=O) groups is 1. The number of aromatic amines is 1. The maximum Gasteiger partial charge on any atom is 0.407 e. The molecule has 1 aliphatic heterocycles. The van der Waals surface area contributed by atoms with Crippen LogP contribution in [0.5, 0.6) is 0 Å². The minimum absolute atomic E-state index is 0.184. The molecule has 2 heterocycles. The molecule has 0 unspecified atom stereocenters. The lowest BCUT2D eigenvalue weighted by molar-refractivity contribution is 0.0289. The van der Waals surface area contributed by atoms with E-state index in [1.165, 1.54) is 5.56 Å². The van der Waals surface area contributed by atoms with Gasteiger partial charge >= 0.3 is 6.09 Å². The first-order valence-electron chi connectivity index (χ1n) is 8.14. The second-order valence-electron chi connectivity index (χ2n) is 6.80. The lowest BCUT2D eigenvalue weighted by Crippen LogP contribution is -2.36. The van der Waals surface area contributed by atoms with Crippen molar-refractivity contribution in [2.24, 2.45) is 0 Å². The maximum absolute atomic E-state index is 11.9. The fourth-order valence-electron chi connectivity index (χ4n) is 2.87. The Balaban J connectivity index is 1.75. The van der Waals surface area contributed by atoms with E-state index >= 15 is 0 Å². The highest BCUT2D eigenvalue weighted by atomic mass is 16.6. The van der Waals surface area contributed by atoms with E-state index in [0.717, 1.165) is 23.4 Å². The van der Waals surface area contributed by atoms with Crippen molar-refractivity contribution in [1.82, 2.24) is 15.3 Å². The number of carbonyl (C=O) groups excluding carboxylic acids is 1. The summed E-state index contributed by atoms with van der Waals surface area (Å²) < 4.78 is 11.1. The van der Waals surface area contributed by atoms with Gasteiger partial charge in [0.2, 0.25) is 0 Å². The lowest BCUT2D eigenvalue weighted by Gasteiger charge is -2.28. The van der Waals surface area contributed by atoms with Crippen LogP contribution in [0.25, 0.3) is 11.4 Å². The maximum atomic E-state index is 11.9. The van der Waals surface area contributed by atoms with E-state index in [9.17, 15) is 4.79 Å². The van der Waals surface area contributed by atoms with Crippen molar-refractivity contribution in [1.29, 1.82) is 0 Å². The molecule has 128 valence electrons. The standard InChI is InChI=1S/C18H23N3O3/c1-18(2,3)24-17(22)21-11-15-13-5-4-6-14(12(13)7-10-23-15)16-19-8-9-20-16/h4-6,8-9,15H,7,10-11H2,1-3H3,(H,19,20)(H,21,22)/t15-/m1/s1. The Morgan fingerprint density at radius 1 is 1.46 bits per heavy atom. The number of hydrogen-bond donors (Lipinski definition) is 2. The number of aromatic nitrogens is 2. The lowest BCUT2D eigenvalue weighted by atomic mass is 9.92. The van der Waals surface area contributed by atoms with Gasteiger partial charge in [-0.15, -0.1) is 0 Å². The Morgan fingerprint density at radius 3 is 3.00 bits per heavy atom. The summed E-state index contributed by atoms with van der Waals surface area (Å²) in [4.78, 5) is 19.4. The number of rotatable bonds is 3. The van der Waals surface area contributed by atoms with Crippen LogP contribution in [0.3, 0.4) is 0 Å². The van der Waals surface area contributed by atoms with E-state index in [0.29, 0.717) is 13.2 Å². The minimum Gasteiger partial charge on any atom is -0.444 e. The molecule has 0 spiro atoms. The molecule has 6 nitrogen and oxygen atoms in total. The zero-order valence-corrected chi connectivity index (χ0v) is 14.3. The van der Waals surface area contributed by atoms with Gasteiger partial charge in [-0.3, -0.25) is 0 Å². The molecule has 1 aliphatic rings. The number of imidazole rings is 1. The number of ether oxygens (including phenoxy) is 2. The van der Waals surface area contributed by atoms with Crippen LogP contribution in [0.1, 0.15) is 38.0 Å². The van der Waals surface area contributed by atoms with Crippen molar-refractivity contribution in [2.75, 3.05) is 13.2 Å².